The van der Waals surface area contributed by atoms with Gasteiger partial charge in [0, 0.05) is 7.05 Å². The zero-order chi connectivity index (χ0) is 10.4. The summed E-state index contributed by atoms with van der Waals surface area (Å²) in [6.45, 7) is 1.11. The minimum absolute atomic E-state index is 0.361. The maximum Gasteiger partial charge on any atom is 0.324 e. The van der Waals surface area contributed by atoms with Gasteiger partial charge in [0.25, 0.3) is 5.91 Å². The van der Waals surface area contributed by atoms with Gasteiger partial charge in [-0.2, -0.15) is 0 Å². The topological polar surface area (TPSA) is 55.8 Å². The normalized spacial score (nSPS) is 12.0. The number of ether oxygens (including phenoxy) is 1. The van der Waals surface area contributed by atoms with Gasteiger partial charge >= 0.3 is 5.97 Å². The second-order valence-electron chi connectivity index (χ2n) is 2.30. The molecule has 0 saturated carbocycles. The van der Waals surface area contributed by atoms with Crippen molar-refractivity contribution in [3.63, 3.8) is 0 Å². The molecule has 0 aromatic heterocycles. The number of carbonyl (C=O) groups is 2. The average molecular weight is 210 g/mol. The van der Waals surface area contributed by atoms with E-state index in [4.69, 9.17) is 11.6 Å². The first kappa shape index (κ1) is 12.2. The van der Waals surface area contributed by atoms with E-state index in [1.807, 2.05) is 0 Å². The molecule has 0 radical (unpaired) electrons. The molecule has 0 saturated heterocycles. The van der Waals surface area contributed by atoms with Crippen molar-refractivity contribution < 1.29 is 19.2 Å². The van der Waals surface area contributed by atoms with Crippen LogP contribution in [0.4, 0.5) is 0 Å². The highest BCUT2D eigenvalue weighted by molar-refractivity contribution is 6.29. The lowest BCUT2D eigenvalue weighted by Crippen LogP contribution is -2.31. The molecule has 0 N–H and O–H groups in total. The molecule has 5 nitrogen and oxygen atoms in total. The van der Waals surface area contributed by atoms with Gasteiger partial charge < -0.3 is 4.74 Å². The van der Waals surface area contributed by atoms with Crippen molar-refractivity contribution in [3.05, 3.63) is 0 Å². The zero-order valence-electron chi connectivity index (χ0n) is 7.74. The SMILES string of the molecule is CON(C)C(=O)COC(=O)C(C)Cl. The summed E-state index contributed by atoms with van der Waals surface area (Å²) in [6, 6.07) is 0. The summed E-state index contributed by atoms with van der Waals surface area (Å²) in [5.41, 5.74) is 0. The van der Waals surface area contributed by atoms with Gasteiger partial charge in [-0.15, -0.1) is 11.6 Å². The van der Waals surface area contributed by atoms with Gasteiger partial charge in [0.1, 0.15) is 5.38 Å². The molecule has 0 aromatic rings. The fourth-order valence-corrected chi connectivity index (χ4v) is 0.503. The van der Waals surface area contributed by atoms with E-state index in [1.54, 1.807) is 0 Å². The molecular weight excluding hydrogens is 198 g/mol. The first-order valence-electron chi connectivity index (χ1n) is 3.60. The van der Waals surface area contributed by atoms with Gasteiger partial charge in [0.15, 0.2) is 6.61 Å². The van der Waals surface area contributed by atoms with Crippen molar-refractivity contribution >= 4 is 23.5 Å². The highest BCUT2D eigenvalue weighted by Gasteiger charge is 2.14. The number of amides is 1. The Morgan fingerprint density at radius 3 is 2.46 bits per heavy atom. The number of hydrogen-bond donors (Lipinski definition) is 0. The highest BCUT2D eigenvalue weighted by Crippen LogP contribution is 1.97. The summed E-state index contributed by atoms with van der Waals surface area (Å²) >= 11 is 5.39. The van der Waals surface area contributed by atoms with Crippen LogP contribution in [-0.2, 0) is 19.2 Å². The van der Waals surface area contributed by atoms with Crippen molar-refractivity contribution in [2.45, 2.75) is 12.3 Å². The Bertz CT molecular complexity index is 195. The third-order valence-electron chi connectivity index (χ3n) is 1.29. The molecule has 13 heavy (non-hydrogen) atoms. The van der Waals surface area contributed by atoms with Crippen LogP contribution in [0.3, 0.4) is 0 Å². The Hall–Kier alpha value is -0.810. The average Bonchev–Trinajstić information content (AvgIpc) is 2.11. The van der Waals surface area contributed by atoms with E-state index >= 15 is 0 Å². The Kier molecular flexibility index (Phi) is 5.41. The molecule has 0 aliphatic rings. The van der Waals surface area contributed by atoms with E-state index in [-0.39, 0.29) is 6.61 Å². The number of alkyl halides is 1. The summed E-state index contributed by atoms with van der Waals surface area (Å²) in [5, 5.41) is 0.215. The zero-order valence-corrected chi connectivity index (χ0v) is 8.50. The summed E-state index contributed by atoms with van der Waals surface area (Å²) < 4.78 is 4.55. The summed E-state index contributed by atoms with van der Waals surface area (Å²) in [4.78, 5) is 26.3. The lowest BCUT2D eigenvalue weighted by atomic mass is 10.5. The van der Waals surface area contributed by atoms with Crippen molar-refractivity contribution in [2.24, 2.45) is 0 Å². The highest BCUT2D eigenvalue weighted by atomic mass is 35.5. The molecular formula is C7H12ClNO4. The Balaban J connectivity index is 3.77. The van der Waals surface area contributed by atoms with E-state index < -0.39 is 17.3 Å². The smallest absolute Gasteiger partial charge is 0.324 e. The quantitative estimate of drug-likeness (QED) is 0.377. The molecule has 0 aliphatic carbocycles. The van der Waals surface area contributed by atoms with Gasteiger partial charge in [-0.25, -0.2) is 5.06 Å². The fourth-order valence-electron chi connectivity index (χ4n) is 0.440. The standard InChI is InChI=1S/C7H12ClNO4/c1-5(8)7(11)13-4-6(10)9(2)12-3/h5H,4H2,1-3H3. The van der Waals surface area contributed by atoms with Crippen molar-refractivity contribution in [3.8, 4) is 0 Å². The molecule has 0 aromatic carbocycles. The molecule has 6 heteroatoms. The lowest BCUT2D eigenvalue weighted by molar-refractivity contribution is -0.176. The molecule has 1 unspecified atom stereocenters. The Labute approximate surface area is 81.5 Å². The molecule has 0 fully saturated rings. The number of hydroxylamine groups is 2. The van der Waals surface area contributed by atoms with E-state index in [9.17, 15) is 9.59 Å². The molecule has 76 valence electrons. The largest absolute Gasteiger partial charge is 0.454 e. The van der Waals surface area contributed by atoms with Gasteiger partial charge in [0.2, 0.25) is 0 Å². The first-order valence-corrected chi connectivity index (χ1v) is 4.04. The van der Waals surface area contributed by atoms with E-state index in [0.29, 0.717) is 0 Å². The number of nitrogens with zero attached hydrogens (tertiary/aromatic N) is 1. The predicted molar refractivity (Wildman–Crippen MR) is 46.1 cm³/mol. The maximum absolute atomic E-state index is 11.0. The number of halogens is 1. The summed E-state index contributed by atoms with van der Waals surface area (Å²) in [5.74, 6) is -1.08. The summed E-state index contributed by atoms with van der Waals surface area (Å²) in [7, 11) is 2.75. The van der Waals surface area contributed by atoms with Gasteiger partial charge in [-0.1, -0.05) is 0 Å². The van der Waals surface area contributed by atoms with E-state index in [0.717, 1.165) is 5.06 Å². The van der Waals surface area contributed by atoms with Crippen LogP contribution >= 0.6 is 11.6 Å². The van der Waals surface area contributed by atoms with Crippen molar-refractivity contribution in [1.82, 2.24) is 5.06 Å². The Morgan fingerprint density at radius 2 is 2.08 bits per heavy atom. The number of rotatable bonds is 4. The molecule has 1 atom stereocenters. The number of likely N-dealkylation sites (N-methyl/N-ethyl adjacent to an activating group) is 1. The molecule has 0 heterocycles. The van der Waals surface area contributed by atoms with Gasteiger partial charge in [0.05, 0.1) is 7.11 Å². The number of carbonyl (C=O) groups excluding carboxylic acids is 2. The number of esters is 1. The minimum atomic E-state index is -0.749. The Morgan fingerprint density at radius 1 is 1.54 bits per heavy atom. The second kappa shape index (κ2) is 5.77. The van der Waals surface area contributed by atoms with Gasteiger partial charge in [-0.05, 0) is 6.92 Å². The van der Waals surface area contributed by atoms with E-state index in [2.05, 4.69) is 9.57 Å². The van der Waals surface area contributed by atoms with Crippen LogP contribution in [0, 0.1) is 0 Å². The minimum Gasteiger partial charge on any atom is -0.454 e. The van der Waals surface area contributed by atoms with Crippen LogP contribution in [0.25, 0.3) is 0 Å². The van der Waals surface area contributed by atoms with Crippen LogP contribution in [0.5, 0.6) is 0 Å². The molecule has 1 amide bonds. The molecule has 0 spiro atoms. The maximum atomic E-state index is 11.0. The second-order valence-corrected chi connectivity index (χ2v) is 2.95. The first-order chi connectivity index (χ1) is 5.99. The van der Waals surface area contributed by atoms with Crippen LogP contribution in [-0.4, -0.2) is 43.1 Å². The third-order valence-corrected chi connectivity index (χ3v) is 1.47. The lowest BCUT2D eigenvalue weighted by Gasteiger charge is -2.13. The van der Waals surface area contributed by atoms with Gasteiger partial charge in [-0.3, -0.25) is 14.4 Å². The van der Waals surface area contributed by atoms with E-state index in [1.165, 1.54) is 21.1 Å². The molecule has 0 bridgehead atoms. The third kappa shape index (κ3) is 4.69. The fraction of sp³-hybridized carbons (Fsp3) is 0.714. The summed E-state index contributed by atoms with van der Waals surface area (Å²) in [6.07, 6.45) is 0. The molecule has 0 aliphatic heterocycles. The molecule has 0 rings (SSSR count). The predicted octanol–water partition coefficient (Wildman–Crippen LogP) is 0.177. The van der Waals surface area contributed by atoms with Crippen molar-refractivity contribution in [1.29, 1.82) is 0 Å². The van der Waals surface area contributed by atoms with Crippen LogP contribution in [0.15, 0.2) is 0 Å². The van der Waals surface area contributed by atoms with Crippen LogP contribution in [0.1, 0.15) is 6.92 Å². The van der Waals surface area contributed by atoms with Crippen LogP contribution in [0.2, 0.25) is 0 Å². The monoisotopic (exact) mass is 209 g/mol. The van der Waals surface area contributed by atoms with Crippen LogP contribution < -0.4 is 0 Å². The number of hydrogen-bond acceptors (Lipinski definition) is 4. The van der Waals surface area contributed by atoms with Crippen molar-refractivity contribution in [2.75, 3.05) is 20.8 Å².